The molecule has 3 rings (SSSR count). The maximum Gasteiger partial charge on any atom is 0.228 e. The van der Waals surface area contributed by atoms with Crippen LogP contribution in [0.25, 0.3) is 0 Å². The number of methoxy groups -OCH3 is 3. The molecule has 0 radical (unpaired) electrons. The summed E-state index contributed by atoms with van der Waals surface area (Å²) in [5, 5.41) is 6.26. The molecule has 0 saturated heterocycles. The van der Waals surface area contributed by atoms with E-state index in [0.29, 0.717) is 13.0 Å². The Labute approximate surface area is 176 Å². The monoisotopic (exact) mass is 406 g/mol. The molecule has 2 N–H and O–H groups in total. The molecule has 0 aliphatic rings. The van der Waals surface area contributed by atoms with Gasteiger partial charge in [0.05, 0.1) is 27.8 Å². The van der Waals surface area contributed by atoms with Gasteiger partial charge in [-0.25, -0.2) is 0 Å². The van der Waals surface area contributed by atoms with Gasteiger partial charge in [0.15, 0.2) is 0 Å². The first-order valence-electron chi connectivity index (χ1n) is 9.59. The molecule has 0 spiro atoms. The molecule has 6 nitrogen and oxygen atoms in total. The van der Waals surface area contributed by atoms with E-state index in [9.17, 15) is 4.79 Å². The van der Waals surface area contributed by atoms with Gasteiger partial charge in [0, 0.05) is 29.5 Å². The minimum absolute atomic E-state index is 0.0659. The third kappa shape index (κ3) is 5.67. The lowest BCUT2D eigenvalue weighted by Crippen LogP contribution is -2.14. The minimum Gasteiger partial charge on any atom is -0.497 e. The number of hydrogen-bond donors (Lipinski definition) is 2. The van der Waals surface area contributed by atoms with Crippen molar-refractivity contribution in [2.75, 3.05) is 32.0 Å². The molecule has 0 bridgehead atoms. The number of carbonyl (C=O) groups excluding carboxylic acids is 1. The normalized spacial score (nSPS) is 10.2. The van der Waals surface area contributed by atoms with Crippen LogP contribution in [0.4, 0.5) is 11.4 Å². The molecule has 0 fully saturated rings. The second-order valence-corrected chi connectivity index (χ2v) is 6.68. The quantitative estimate of drug-likeness (QED) is 0.547. The van der Waals surface area contributed by atoms with Gasteiger partial charge in [0.1, 0.15) is 17.2 Å². The van der Waals surface area contributed by atoms with E-state index in [4.69, 9.17) is 14.2 Å². The van der Waals surface area contributed by atoms with Gasteiger partial charge < -0.3 is 24.8 Å². The average Bonchev–Trinajstić information content (AvgIpc) is 2.79. The van der Waals surface area contributed by atoms with Crippen LogP contribution in [-0.2, 0) is 17.8 Å². The van der Waals surface area contributed by atoms with Gasteiger partial charge >= 0.3 is 0 Å². The molecule has 156 valence electrons. The number of rotatable bonds is 9. The summed E-state index contributed by atoms with van der Waals surface area (Å²) in [6.45, 7) is 0.616. The predicted octanol–water partition coefficient (Wildman–Crippen LogP) is 4.51. The number of anilines is 2. The van der Waals surface area contributed by atoms with Crippen molar-refractivity contribution in [3.8, 4) is 17.2 Å². The van der Waals surface area contributed by atoms with E-state index in [1.54, 1.807) is 21.3 Å². The van der Waals surface area contributed by atoms with Crippen molar-refractivity contribution < 1.29 is 19.0 Å². The highest BCUT2D eigenvalue weighted by molar-refractivity contribution is 5.92. The highest BCUT2D eigenvalue weighted by atomic mass is 16.5. The lowest BCUT2D eigenvalue weighted by Gasteiger charge is -2.12. The van der Waals surface area contributed by atoms with Crippen molar-refractivity contribution in [3.63, 3.8) is 0 Å². The first kappa shape index (κ1) is 21.0. The first-order valence-corrected chi connectivity index (χ1v) is 9.59. The Balaban J connectivity index is 1.53. The van der Waals surface area contributed by atoms with Crippen molar-refractivity contribution in [2.45, 2.75) is 13.0 Å². The fourth-order valence-corrected chi connectivity index (χ4v) is 3.00. The van der Waals surface area contributed by atoms with Gasteiger partial charge in [-0.1, -0.05) is 12.1 Å². The van der Waals surface area contributed by atoms with Gasteiger partial charge in [0.25, 0.3) is 0 Å². The van der Waals surface area contributed by atoms with Crippen LogP contribution in [0.5, 0.6) is 17.2 Å². The molecule has 6 heteroatoms. The molecule has 3 aromatic carbocycles. The van der Waals surface area contributed by atoms with Crippen molar-refractivity contribution in [3.05, 3.63) is 77.9 Å². The maximum absolute atomic E-state index is 12.3. The number of hydrogen-bond acceptors (Lipinski definition) is 5. The Bertz CT molecular complexity index is 970. The van der Waals surface area contributed by atoms with Gasteiger partial charge in [-0.2, -0.15) is 0 Å². The Morgan fingerprint density at radius 3 is 2.03 bits per heavy atom. The van der Waals surface area contributed by atoms with Crippen LogP contribution in [0, 0.1) is 0 Å². The second-order valence-electron chi connectivity index (χ2n) is 6.68. The number of ether oxygens (including phenoxy) is 3. The van der Waals surface area contributed by atoms with E-state index < -0.39 is 0 Å². The lowest BCUT2D eigenvalue weighted by molar-refractivity contribution is -0.115. The topological polar surface area (TPSA) is 68.8 Å². The third-order valence-electron chi connectivity index (χ3n) is 4.67. The van der Waals surface area contributed by atoms with Crippen molar-refractivity contribution in [2.24, 2.45) is 0 Å². The molecule has 0 atom stereocenters. The smallest absolute Gasteiger partial charge is 0.228 e. The molecule has 0 aliphatic heterocycles. The summed E-state index contributed by atoms with van der Waals surface area (Å²) in [6, 6.07) is 20.8. The van der Waals surface area contributed by atoms with Crippen LogP contribution in [0.3, 0.4) is 0 Å². The summed E-state index contributed by atoms with van der Waals surface area (Å²) >= 11 is 0. The molecule has 3 aromatic rings. The zero-order chi connectivity index (χ0) is 21.3. The van der Waals surface area contributed by atoms with Gasteiger partial charge in [-0.05, 0) is 54.1 Å². The fourth-order valence-electron chi connectivity index (χ4n) is 3.00. The van der Waals surface area contributed by atoms with Gasteiger partial charge in [-0.3, -0.25) is 4.79 Å². The van der Waals surface area contributed by atoms with Crippen LogP contribution in [0.15, 0.2) is 66.7 Å². The molecule has 1 amide bonds. The highest BCUT2D eigenvalue weighted by Crippen LogP contribution is 2.25. The molecule has 0 aromatic heterocycles. The molecule has 0 saturated carbocycles. The van der Waals surface area contributed by atoms with E-state index in [2.05, 4.69) is 10.6 Å². The fraction of sp³-hybridized carbons (Fsp3) is 0.208. The van der Waals surface area contributed by atoms with E-state index >= 15 is 0 Å². The number of amides is 1. The zero-order valence-corrected chi connectivity index (χ0v) is 17.4. The molecular formula is C24H26N2O4. The van der Waals surface area contributed by atoms with E-state index in [1.165, 1.54) is 0 Å². The number of carbonyl (C=O) groups is 1. The summed E-state index contributed by atoms with van der Waals surface area (Å²) in [4.78, 5) is 12.3. The van der Waals surface area contributed by atoms with Gasteiger partial charge in [-0.15, -0.1) is 0 Å². The van der Waals surface area contributed by atoms with Crippen LogP contribution < -0.4 is 24.8 Å². The molecule has 30 heavy (non-hydrogen) atoms. The summed E-state index contributed by atoms with van der Waals surface area (Å²) in [6.07, 6.45) is 0.304. The van der Waals surface area contributed by atoms with Crippen LogP contribution >= 0.6 is 0 Å². The summed E-state index contributed by atoms with van der Waals surface area (Å²) in [7, 11) is 4.88. The Morgan fingerprint density at radius 1 is 0.767 bits per heavy atom. The minimum atomic E-state index is -0.0659. The van der Waals surface area contributed by atoms with E-state index in [0.717, 1.165) is 39.8 Å². The second kappa shape index (κ2) is 10.2. The SMILES string of the molecule is COc1ccc(NC(=O)Cc2ccc(NCc3ccc(OC)cc3OC)cc2)cc1. The maximum atomic E-state index is 12.3. The Kier molecular flexibility index (Phi) is 7.16. The highest BCUT2D eigenvalue weighted by Gasteiger charge is 2.07. The Hall–Kier alpha value is -3.67. The van der Waals surface area contributed by atoms with Crippen LogP contribution in [-0.4, -0.2) is 27.2 Å². The average molecular weight is 406 g/mol. The number of nitrogens with one attached hydrogen (secondary N) is 2. The lowest BCUT2D eigenvalue weighted by atomic mass is 10.1. The Morgan fingerprint density at radius 2 is 1.40 bits per heavy atom. The zero-order valence-electron chi connectivity index (χ0n) is 17.4. The van der Waals surface area contributed by atoms with Crippen molar-refractivity contribution >= 4 is 17.3 Å². The predicted molar refractivity (Wildman–Crippen MR) is 119 cm³/mol. The molecule has 0 unspecified atom stereocenters. The molecule has 0 aliphatic carbocycles. The standard InChI is InChI=1S/C24H26N2O4/c1-28-21-12-9-20(10-13-21)26-24(27)14-17-4-7-19(8-5-17)25-16-18-6-11-22(29-2)15-23(18)30-3/h4-13,15,25H,14,16H2,1-3H3,(H,26,27). The van der Waals surface area contributed by atoms with Crippen molar-refractivity contribution in [1.29, 1.82) is 0 Å². The first-order chi connectivity index (χ1) is 14.6. The van der Waals surface area contributed by atoms with Crippen LogP contribution in [0.2, 0.25) is 0 Å². The largest absolute Gasteiger partial charge is 0.497 e. The number of benzene rings is 3. The van der Waals surface area contributed by atoms with Crippen molar-refractivity contribution in [1.82, 2.24) is 0 Å². The summed E-state index contributed by atoms with van der Waals surface area (Å²) < 4.78 is 15.8. The van der Waals surface area contributed by atoms with E-state index in [1.807, 2.05) is 66.7 Å². The van der Waals surface area contributed by atoms with Gasteiger partial charge in [0.2, 0.25) is 5.91 Å². The molecular weight excluding hydrogens is 380 g/mol. The van der Waals surface area contributed by atoms with E-state index in [-0.39, 0.29) is 5.91 Å². The molecule has 0 heterocycles. The third-order valence-corrected chi connectivity index (χ3v) is 4.67. The summed E-state index contributed by atoms with van der Waals surface area (Å²) in [5.74, 6) is 2.22. The van der Waals surface area contributed by atoms with Crippen LogP contribution in [0.1, 0.15) is 11.1 Å². The summed E-state index contributed by atoms with van der Waals surface area (Å²) in [5.41, 5.74) is 3.68.